The van der Waals surface area contributed by atoms with Crippen molar-refractivity contribution in [1.29, 1.82) is 0 Å². The van der Waals surface area contributed by atoms with Crippen molar-refractivity contribution in [1.82, 2.24) is 92.6 Å². The van der Waals surface area contributed by atoms with Gasteiger partial charge >= 0.3 is 6.03 Å². The second kappa shape index (κ2) is 46.3. The Labute approximate surface area is 831 Å². The average Bonchev–Trinajstić information content (AvgIpc) is 0.784. The average molecular weight is 2130 g/mol. The van der Waals surface area contributed by atoms with Crippen molar-refractivity contribution in [2.45, 2.75) is 71.9 Å². The summed E-state index contributed by atoms with van der Waals surface area (Å²) in [6.07, 6.45) is 9.07. The largest absolute Gasteiger partial charge is 0.505 e. The number of hydrogen-bond acceptors (Lipinski definition) is 31. The number of likely N-dealkylation sites (N-methyl/N-ethyl adjacent to an activating group) is 3. The number of amides is 8. The zero-order chi connectivity index (χ0) is 107. The van der Waals surface area contributed by atoms with Crippen molar-refractivity contribution in [3.63, 3.8) is 0 Å². The van der Waals surface area contributed by atoms with Crippen LogP contribution >= 0.6 is 0 Å². The van der Waals surface area contributed by atoms with Crippen molar-refractivity contribution in [3.05, 3.63) is 255 Å². The van der Waals surface area contributed by atoms with Gasteiger partial charge in [-0.25, -0.2) is 56.0 Å². The molecule has 2 saturated heterocycles. The molecule has 2 aliphatic rings. The van der Waals surface area contributed by atoms with E-state index in [0.717, 1.165) is 95.9 Å². The number of carbonyl (C=O) groups is 7. The number of piperazine rings is 1. The normalized spacial score (nSPS) is 13.1. The molecule has 0 bridgehead atoms. The Hall–Kier alpha value is -15.1. The summed E-state index contributed by atoms with van der Waals surface area (Å²) >= 11 is 0. The van der Waals surface area contributed by atoms with Gasteiger partial charge in [0.1, 0.15) is 80.7 Å². The van der Waals surface area contributed by atoms with E-state index < -0.39 is 170 Å². The van der Waals surface area contributed by atoms with Gasteiger partial charge in [0.05, 0.1) is 54.9 Å². The summed E-state index contributed by atoms with van der Waals surface area (Å²) in [5, 5.41) is 52.6. The van der Waals surface area contributed by atoms with Crippen LogP contribution in [0, 0.1) is 23.3 Å². The monoisotopic (exact) mass is 2120 g/mol. The summed E-state index contributed by atoms with van der Waals surface area (Å²) in [5.41, 5.74) is -5.11. The third-order valence-electron chi connectivity index (χ3n) is 23.0. The van der Waals surface area contributed by atoms with Crippen LogP contribution in [0.2, 0.25) is 0 Å². The van der Waals surface area contributed by atoms with E-state index in [-0.39, 0.29) is 163 Å². The van der Waals surface area contributed by atoms with E-state index in [1.807, 2.05) is 7.05 Å². The maximum Gasteiger partial charge on any atom is 0.319 e. The van der Waals surface area contributed by atoms with Crippen LogP contribution in [0.25, 0.3) is 44.1 Å². The van der Waals surface area contributed by atoms with E-state index in [2.05, 4.69) is 46.1 Å². The topological polar surface area (TPSA) is 591 Å². The lowest BCUT2D eigenvalue weighted by molar-refractivity contribution is -0.136. The number of nitrogens with one attached hydrogen (secondary N) is 4. The highest BCUT2D eigenvalue weighted by Gasteiger charge is 2.34. The first-order valence-corrected chi connectivity index (χ1v) is 52.8. The number of morpholine rings is 1. The van der Waals surface area contributed by atoms with Gasteiger partial charge in [-0.1, -0.05) is 24.3 Å². The smallest absolute Gasteiger partial charge is 0.319 e. The lowest BCUT2D eigenvalue weighted by atomic mass is 10.1. The minimum atomic E-state index is -3.83. The van der Waals surface area contributed by atoms with Crippen LogP contribution < -0.4 is 43.5 Å². The van der Waals surface area contributed by atoms with Crippen molar-refractivity contribution in [3.8, 4) is 23.0 Å². The lowest BCUT2D eigenvalue weighted by Crippen LogP contribution is -2.48. The van der Waals surface area contributed by atoms with Gasteiger partial charge in [-0.2, -0.15) is 17.0 Å². The molecule has 14 rings (SSSR count). The molecule has 8 amide bonds. The molecule has 0 saturated carbocycles. The Bertz CT molecular complexity index is 8070. The van der Waals surface area contributed by atoms with Crippen LogP contribution in [-0.2, 0) is 116 Å². The molecule has 8 N–H and O–H groups in total. The quantitative estimate of drug-likeness (QED) is 0.0326. The van der Waals surface area contributed by atoms with Crippen LogP contribution in [-0.4, -0.2) is 315 Å². The molecule has 0 aliphatic carbocycles. The number of ether oxygens (including phenoxy) is 1. The first kappa shape index (κ1) is 111. The fraction of sp³-hybridized carbons (Fsp3) is 0.315. The number of aromatic nitrogens is 8. The summed E-state index contributed by atoms with van der Waals surface area (Å²) in [4.78, 5) is 166. The third-order valence-corrected chi connectivity index (χ3v) is 29.6. The fourth-order valence-electron chi connectivity index (χ4n) is 15.4. The van der Waals surface area contributed by atoms with Gasteiger partial charge in [-0.3, -0.25) is 77.0 Å². The van der Waals surface area contributed by atoms with E-state index in [0.29, 0.717) is 52.5 Å². The Morgan fingerprint density at radius 1 is 0.384 bits per heavy atom. The number of pyridine rings is 8. The predicted molar refractivity (Wildman–Crippen MR) is 522 cm³/mol. The third kappa shape index (κ3) is 26.0. The van der Waals surface area contributed by atoms with Gasteiger partial charge in [0, 0.05) is 184 Å². The van der Waals surface area contributed by atoms with E-state index in [9.17, 15) is 133 Å². The first-order valence-electron chi connectivity index (χ1n) is 43.8. The molecule has 4 aromatic carbocycles. The Balaban J connectivity index is 0.000000185. The molecule has 12 aromatic rings. The summed E-state index contributed by atoms with van der Waals surface area (Å²) < 4.78 is 187. The Morgan fingerprint density at radius 2 is 0.651 bits per heavy atom. The number of fused-ring (bicyclic) bond motifs is 4. The molecule has 778 valence electrons. The number of hydrogen-bond donors (Lipinski definition) is 8. The maximum absolute atomic E-state index is 13.6. The number of halogens is 4. The maximum atomic E-state index is 13.6. The second-order valence-corrected chi connectivity index (χ2v) is 44.0. The number of rotatable bonds is 28. The van der Waals surface area contributed by atoms with Gasteiger partial charge < -0.3 is 80.1 Å². The molecule has 54 heteroatoms. The van der Waals surface area contributed by atoms with Crippen molar-refractivity contribution in [2.75, 3.05) is 140 Å². The molecule has 10 heterocycles. The molecule has 0 spiro atoms. The Morgan fingerprint density at radius 3 is 0.925 bits per heavy atom. The van der Waals surface area contributed by atoms with Crippen molar-refractivity contribution < 1.29 is 118 Å². The molecule has 8 aromatic heterocycles. The van der Waals surface area contributed by atoms with Crippen LogP contribution in [0.1, 0.15) is 63.7 Å². The lowest BCUT2D eigenvalue weighted by Gasteiger charge is -2.32. The number of benzene rings is 4. The first-order chi connectivity index (χ1) is 68.5. The number of nitrogens with zero attached hydrogens (tertiary/aromatic N) is 15. The van der Waals surface area contributed by atoms with Gasteiger partial charge in [-0.05, 0) is 126 Å². The number of carbonyl (C=O) groups excluding carboxylic acids is 7. The Kier molecular flexibility index (Phi) is 35.3. The van der Waals surface area contributed by atoms with Crippen LogP contribution in [0.15, 0.2) is 185 Å². The van der Waals surface area contributed by atoms with Crippen molar-refractivity contribution >= 4 is 135 Å². The highest BCUT2D eigenvalue weighted by molar-refractivity contribution is 7.91. The number of urea groups is 1. The molecule has 0 radical (unpaired) electrons. The standard InChI is InChI=1S/C24H26FN5O6S.C23H26FN5O6S.C23H23FN4O7S.C22H26FN5O7S2/c1-28-8-10-29(11-9-28)19(31)14-30-17-4-3-7-26-21(17)22(32)20(24(30)34)23(33)27-13-15-5-6-16(25)12-18(15)37(2,35)36;1-27(2)23(33)28(3)10-11-29-16-6-5-9-25-19(16)20(30)18(22(29)32)21(31)26-13-14-7-8-15(24)12-17(14)36(4,34)35;1-36(33,34)17-11-15(24)5-4-14(17)12-26-22(31)19-21(30)20-16(3-2-6-25-20)28(23(19)32)13-18(29)27-7-9-35-10-8-27;1-26(2)37(34,35)27(3)10-11-28-16-6-5-9-24-19(16)20(29)18(22(28)31)21(30)25-13-14-7-8-15(23)12-17(14)36(4,32)33/h3-7,12,32H,8-11,13-14H2,1-2H3,(H,27,33);5-9,12,30H,10-11,13H2,1-4H3,(H,26,31);2-6,11,30H,7-10,12-13H2,1H3,(H,26,31);5-9,12,29H,10-11,13H2,1-4H3,(H,25,30). The SMILES string of the molecule is CN(C)C(=O)N(C)CCn1c(=O)c(C(=O)NCc2ccc(F)cc2S(C)(=O)=O)c(O)c2ncccc21.CN(C)S(=O)(=O)N(C)CCn1c(=O)c(C(=O)NCc2ccc(F)cc2S(C)(=O)=O)c(O)c2ncccc21.CN1CCN(C(=O)Cn2c(=O)c(C(=O)NCc3ccc(F)cc3S(C)(=O)=O)c(O)c3ncccc32)CC1.CS(=O)(=O)c1cc(F)ccc1CNC(=O)c1c(O)c2ncccc2n(CC(=O)N2CCOCC2)c1=O. The number of aromatic hydroxyl groups is 4. The van der Waals surface area contributed by atoms with Gasteiger partial charge in [0.2, 0.25) is 11.8 Å². The second-order valence-electron chi connectivity index (χ2n) is 33.8. The zero-order valence-corrected chi connectivity index (χ0v) is 84.2. The molecule has 146 heavy (non-hydrogen) atoms. The number of sulfone groups is 4. The molecule has 2 fully saturated rings. The van der Waals surface area contributed by atoms with Gasteiger partial charge in [-0.15, -0.1) is 0 Å². The van der Waals surface area contributed by atoms with E-state index in [4.69, 9.17) is 4.74 Å². The highest BCUT2D eigenvalue weighted by Crippen LogP contribution is 2.32. The van der Waals surface area contributed by atoms with Crippen LogP contribution in [0.4, 0.5) is 22.4 Å². The summed E-state index contributed by atoms with van der Waals surface area (Å²) in [5.74, 6) is -10.4. The van der Waals surface area contributed by atoms with E-state index >= 15 is 0 Å². The van der Waals surface area contributed by atoms with E-state index in [1.165, 1.54) is 120 Å². The van der Waals surface area contributed by atoms with Crippen LogP contribution in [0.5, 0.6) is 23.0 Å². The molecule has 45 nitrogen and oxygen atoms in total. The molecular weight excluding hydrogens is 2020 g/mol. The zero-order valence-electron chi connectivity index (χ0n) is 80.1. The fourth-order valence-corrected chi connectivity index (χ4v) is 20.1. The van der Waals surface area contributed by atoms with Gasteiger partial charge in [0.25, 0.3) is 56.1 Å². The summed E-state index contributed by atoms with van der Waals surface area (Å²) in [7, 11) is -8.30. The molecule has 2 aliphatic heterocycles. The van der Waals surface area contributed by atoms with Crippen molar-refractivity contribution in [2.24, 2.45) is 0 Å². The molecular formula is C92H101F4N19O26S5. The van der Waals surface area contributed by atoms with Crippen LogP contribution in [0.3, 0.4) is 0 Å². The minimum absolute atomic E-state index is 0.00227. The molecule has 0 unspecified atom stereocenters. The summed E-state index contributed by atoms with van der Waals surface area (Å²) in [6.45, 7) is 1.42. The highest BCUT2D eigenvalue weighted by atomic mass is 32.2. The van der Waals surface area contributed by atoms with E-state index in [1.54, 1.807) is 44.2 Å². The summed E-state index contributed by atoms with van der Waals surface area (Å²) in [6, 6.07) is 24.2. The minimum Gasteiger partial charge on any atom is -0.505 e. The van der Waals surface area contributed by atoms with Gasteiger partial charge in [0.15, 0.2) is 62.3 Å². The predicted octanol–water partition coefficient (Wildman–Crippen LogP) is 2.28. The molecule has 0 atom stereocenters.